The number of aromatic nitrogens is 4. The number of sulfonamides is 1. The average molecular weight is 474 g/mol. The molecule has 4 rings (SSSR count). The Morgan fingerprint density at radius 1 is 1.09 bits per heavy atom. The lowest BCUT2D eigenvalue weighted by atomic mass is 10.2. The predicted octanol–water partition coefficient (Wildman–Crippen LogP) is 3.09. The number of methoxy groups -OCH3 is 1. The Bertz CT molecular complexity index is 1330. The van der Waals surface area contributed by atoms with Crippen LogP contribution in [0.2, 0.25) is 0 Å². The first-order valence-electron chi connectivity index (χ1n) is 9.67. The lowest BCUT2D eigenvalue weighted by Gasteiger charge is -2.07. The lowest BCUT2D eigenvalue weighted by molar-refractivity contribution is 0.414. The first-order chi connectivity index (χ1) is 15.4. The van der Waals surface area contributed by atoms with Gasteiger partial charge in [-0.2, -0.15) is 9.61 Å². The fourth-order valence-electron chi connectivity index (χ4n) is 2.97. The van der Waals surface area contributed by atoms with E-state index in [1.807, 2.05) is 12.1 Å². The van der Waals surface area contributed by atoms with Gasteiger partial charge in [0.25, 0.3) is 0 Å². The molecule has 2 aromatic heterocycles. The number of benzene rings is 2. The highest BCUT2D eigenvalue weighted by Crippen LogP contribution is 2.21. The minimum Gasteiger partial charge on any atom is -0.497 e. The van der Waals surface area contributed by atoms with Crippen LogP contribution in [0.1, 0.15) is 11.4 Å². The van der Waals surface area contributed by atoms with Crippen LogP contribution in [0.4, 0.5) is 4.39 Å². The van der Waals surface area contributed by atoms with Crippen LogP contribution in [0.25, 0.3) is 5.65 Å². The molecule has 0 saturated carbocycles. The molecule has 0 fully saturated rings. The summed E-state index contributed by atoms with van der Waals surface area (Å²) < 4.78 is 47.5. The molecule has 0 aliphatic carbocycles. The van der Waals surface area contributed by atoms with E-state index >= 15 is 0 Å². The van der Waals surface area contributed by atoms with Crippen LogP contribution in [0.5, 0.6) is 5.75 Å². The Kier molecular flexibility index (Phi) is 6.68. The average Bonchev–Trinajstić information content (AvgIpc) is 3.20. The van der Waals surface area contributed by atoms with E-state index < -0.39 is 10.0 Å². The van der Waals surface area contributed by atoms with Crippen molar-refractivity contribution in [2.75, 3.05) is 13.7 Å². The molecule has 4 aromatic rings. The summed E-state index contributed by atoms with van der Waals surface area (Å²) in [6, 6.07) is 16.2. The number of rotatable bonds is 9. The third-order valence-electron chi connectivity index (χ3n) is 4.59. The molecular formula is C21H20FN5O3S2. The van der Waals surface area contributed by atoms with Crippen molar-refractivity contribution in [2.45, 2.75) is 22.1 Å². The predicted molar refractivity (Wildman–Crippen MR) is 119 cm³/mol. The molecule has 8 nitrogen and oxygen atoms in total. The molecule has 2 aromatic carbocycles. The Morgan fingerprint density at radius 3 is 2.66 bits per heavy atom. The summed E-state index contributed by atoms with van der Waals surface area (Å²) in [5, 5.41) is 13.5. The van der Waals surface area contributed by atoms with Crippen molar-refractivity contribution >= 4 is 27.4 Å². The van der Waals surface area contributed by atoms with Crippen molar-refractivity contribution in [3.8, 4) is 5.75 Å². The quantitative estimate of drug-likeness (QED) is 0.373. The highest BCUT2D eigenvalue weighted by Gasteiger charge is 2.15. The van der Waals surface area contributed by atoms with Crippen molar-refractivity contribution in [1.82, 2.24) is 24.5 Å². The van der Waals surface area contributed by atoms with Gasteiger partial charge in [0.15, 0.2) is 11.5 Å². The van der Waals surface area contributed by atoms with Crippen molar-refractivity contribution < 1.29 is 17.5 Å². The smallest absolute Gasteiger partial charge is 0.240 e. The third-order valence-corrected chi connectivity index (χ3v) is 7.06. The molecule has 0 radical (unpaired) electrons. The minimum atomic E-state index is -3.66. The molecule has 0 amide bonds. The Morgan fingerprint density at radius 2 is 1.91 bits per heavy atom. The molecule has 0 saturated heterocycles. The number of fused-ring (bicyclic) bond motifs is 1. The van der Waals surface area contributed by atoms with Crippen LogP contribution in [-0.2, 0) is 22.2 Å². The highest BCUT2D eigenvalue weighted by molar-refractivity contribution is 7.98. The van der Waals surface area contributed by atoms with Gasteiger partial charge in [-0.25, -0.2) is 17.5 Å². The molecule has 0 unspecified atom stereocenters. The zero-order valence-corrected chi connectivity index (χ0v) is 18.7. The summed E-state index contributed by atoms with van der Waals surface area (Å²) in [7, 11) is -2.14. The van der Waals surface area contributed by atoms with Gasteiger partial charge in [0, 0.05) is 18.7 Å². The monoisotopic (exact) mass is 473 g/mol. The van der Waals surface area contributed by atoms with Crippen LogP contribution in [-0.4, -0.2) is 41.9 Å². The summed E-state index contributed by atoms with van der Waals surface area (Å²) >= 11 is 1.46. The van der Waals surface area contributed by atoms with E-state index in [2.05, 4.69) is 20.0 Å². The largest absolute Gasteiger partial charge is 0.497 e. The maximum Gasteiger partial charge on any atom is 0.240 e. The first kappa shape index (κ1) is 22.2. The number of hydrogen-bond acceptors (Lipinski definition) is 7. The molecular weight excluding hydrogens is 453 g/mol. The Balaban J connectivity index is 1.41. The number of halogens is 1. The number of nitrogens with zero attached hydrogens (tertiary/aromatic N) is 4. The molecule has 166 valence electrons. The SMILES string of the molecule is COc1ccc(S(=O)(=O)NCCc2nnc3ccc(SCc4cccc(F)c4)nn23)cc1. The fraction of sp³-hybridized carbons (Fsp3) is 0.190. The van der Waals surface area contributed by atoms with Crippen LogP contribution in [0, 0.1) is 5.82 Å². The van der Waals surface area contributed by atoms with Gasteiger partial charge in [0.05, 0.1) is 12.0 Å². The second kappa shape index (κ2) is 9.63. The van der Waals surface area contributed by atoms with E-state index in [4.69, 9.17) is 4.74 Å². The summed E-state index contributed by atoms with van der Waals surface area (Å²) in [5.74, 6) is 1.40. The third kappa shape index (κ3) is 5.23. The van der Waals surface area contributed by atoms with E-state index in [1.165, 1.54) is 43.1 Å². The summed E-state index contributed by atoms with van der Waals surface area (Å²) in [6.45, 7) is 0.136. The maximum absolute atomic E-state index is 13.4. The molecule has 0 aliphatic rings. The van der Waals surface area contributed by atoms with Gasteiger partial charge in [-0.05, 0) is 54.1 Å². The summed E-state index contributed by atoms with van der Waals surface area (Å²) in [6.07, 6.45) is 0.307. The van der Waals surface area contributed by atoms with Gasteiger partial charge in [-0.3, -0.25) is 0 Å². The summed E-state index contributed by atoms with van der Waals surface area (Å²) in [4.78, 5) is 0.151. The van der Waals surface area contributed by atoms with E-state index in [1.54, 1.807) is 28.8 Å². The highest BCUT2D eigenvalue weighted by atomic mass is 32.2. The van der Waals surface area contributed by atoms with Gasteiger partial charge in [0.1, 0.15) is 16.6 Å². The normalized spacial score (nSPS) is 11.7. The molecule has 2 heterocycles. The summed E-state index contributed by atoms with van der Waals surface area (Å²) in [5.41, 5.74) is 1.42. The zero-order chi connectivity index (χ0) is 22.6. The van der Waals surface area contributed by atoms with Gasteiger partial charge in [-0.1, -0.05) is 23.9 Å². The van der Waals surface area contributed by atoms with E-state index in [0.29, 0.717) is 29.4 Å². The van der Waals surface area contributed by atoms with Gasteiger partial charge in [0.2, 0.25) is 10.0 Å². The number of thioether (sulfide) groups is 1. The second-order valence-electron chi connectivity index (χ2n) is 6.80. The fourth-order valence-corrected chi connectivity index (χ4v) is 4.80. The molecule has 0 spiro atoms. The van der Waals surface area contributed by atoms with E-state index in [-0.39, 0.29) is 17.3 Å². The number of ether oxygens (including phenoxy) is 1. The molecule has 32 heavy (non-hydrogen) atoms. The van der Waals surface area contributed by atoms with E-state index in [9.17, 15) is 12.8 Å². The Hall–Kier alpha value is -3.02. The van der Waals surface area contributed by atoms with Crippen LogP contribution < -0.4 is 9.46 Å². The van der Waals surface area contributed by atoms with Gasteiger partial charge in [-0.15, -0.1) is 10.2 Å². The molecule has 0 atom stereocenters. The number of nitrogens with one attached hydrogen (secondary N) is 1. The van der Waals surface area contributed by atoms with Crippen LogP contribution in [0.3, 0.4) is 0 Å². The topological polar surface area (TPSA) is 98.5 Å². The van der Waals surface area contributed by atoms with Crippen molar-refractivity contribution in [3.63, 3.8) is 0 Å². The van der Waals surface area contributed by atoms with Crippen molar-refractivity contribution in [2.24, 2.45) is 0 Å². The standard InChI is InChI=1S/C21H20FN5O3S2/c1-30-17-5-7-18(8-6-17)32(28,29)23-12-11-20-25-24-19-9-10-21(26-27(19)20)31-14-15-3-2-4-16(22)13-15/h2-10,13,23H,11-12,14H2,1H3. The first-order valence-corrected chi connectivity index (χ1v) is 12.1. The van der Waals surface area contributed by atoms with E-state index in [0.717, 1.165) is 10.6 Å². The molecule has 11 heteroatoms. The zero-order valence-electron chi connectivity index (χ0n) is 17.1. The van der Waals surface area contributed by atoms with Gasteiger partial charge < -0.3 is 4.74 Å². The van der Waals surface area contributed by atoms with Crippen molar-refractivity contribution in [3.05, 3.63) is 77.9 Å². The molecule has 0 aliphatic heterocycles. The molecule has 1 N–H and O–H groups in total. The van der Waals surface area contributed by atoms with Crippen LogP contribution in [0.15, 0.2) is 70.6 Å². The minimum absolute atomic E-state index is 0.136. The van der Waals surface area contributed by atoms with Crippen LogP contribution >= 0.6 is 11.8 Å². The second-order valence-corrected chi connectivity index (χ2v) is 9.56. The van der Waals surface area contributed by atoms with Gasteiger partial charge >= 0.3 is 0 Å². The lowest BCUT2D eigenvalue weighted by Crippen LogP contribution is -2.26. The van der Waals surface area contributed by atoms with Crippen molar-refractivity contribution in [1.29, 1.82) is 0 Å². The Labute approximate surface area is 188 Å². The number of hydrogen-bond donors (Lipinski definition) is 1. The molecule has 0 bridgehead atoms. The maximum atomic E-state index is 13.4.